The normalized spacial score (nSPS) is 18.6. The van der Waals surface area contributed by atoms with Crippen LogP contribution in [0.3, 0.4) is 0 Å². The number of nitrogens with one attached hydrogen (secondary N) is 1. The lowest BCUT2D eigenvalue weighted by Gasteiger charge is -2.27. The molecule has 0 radical (unpaired) electrons. The summed E-state index contributed by atoms with van der Waals surface area (Å²) in [5.41, 5.74) is 1.00. The molecule has 1 aromatic rings. The zero-order valence-electron chi connectivity index (χ0n) is 11.7. The van der Waals surface area contributed by atoms with Crippen molar-refractivity contribution in [2.24, 2.45) is 0 Å². The summed E-state index contributed by atoms with van der Waals surface area (Å²) >= 11 is 5.28. The minimum absolute atomic E-state index is 0.0723. The van der Waals surface area contributed by atoms with E-state index in [9.17, 15) is 4.79 Å². The highest BCUT2D eigenvalue weighted by Gasteiger charge is 2.24. The number of amides is 1. The first-order valence-corrected chi connectivity index (χ1v) is 8.45. The Bertz CT molecular complexity index is 478. The summed E-state index contributed by atoms with van der Waals surface area (Å²) in [6.07, 6.45) is 0. The van der Waals surface area contributed by atoms with Crippen molar-refractivity contribution in [2.45, 2.75) is 12.6 Å². The fourth-order valence-electron chi connectivity index (χ4n) is 2.19. The van der Waals surface area contributed by atoms with Gasteiger partial charge in [0.1, 0.15) is 5.75 Å². The molecule has 1 N–H and O–H groups in total. The quantitative estimate of drug-likeness (QED) is 0.894. The number of benzene rings is 1. The highest BCUT2D eigenvalue weighted by Crippen LogP contribution is 2.24. The Morgan fingerprint density at radius 3 is 3.05 bits per heavy atom. The van der Waals surface area contributed by atoms with Gasteiger partial charge in [-0.05, 0) is 18.2 Å². The molecule has 1 atom stereocenters. The first kappa shape index (κ1) is 15.7. The van der Waals surface area contributed by atoms with Gasteiger partial charge >= 0.3 is 0 Å². The lowest BCUT2D eigenvalue weighted by Crippen LogP contribution is -2.49. The van der Waals surface area contributed by atoms with Gasteiger partial charge in [0.25, 0.3) is 0 Å². The third kappa shape index (κ3) is 3.90. The summed E-state index contributed by atoms with van der Waals surface area (Å²) in [6, 6.07) is 5.76. The van der Waals surface area contributed by atoms with E-state index in [4.69, 9.17) is 4.74 Å². The van der Waals surface area contributed by atoms with Crippen molar-refractivity contribution in [1.29, 1.82) is 0 Å². The maximum absolute atomic E-state index is 12.4. The molecule has 4 nitrogen and oxygen atoms in total. The zero-order valence-corrected chi connectivity index (χ0v) is 14.1. The average Bonchev–Trinajstić information content (AvgIpc) is 2.47. The maximum atomic E-state index is 12.4. The van der Waals surface area contributed by atoms with Gasteiger partial charge in [-0.25, -0.2) is 0 Å². The molecule has 6 heteroatoms. The number of nitrogens with zero attached hydrogens (tertiary/aromatic N) is 1. The fraction of sp³-hybridized carbons (Fsp3) is 0.500. The van der Waals surface area contributed by atoms with Gasteiger partial charge in [-0.3, -0.25) is 4.79 Å². The van der Waals surface area contributed by atoms with Gasteiger partial charge in [0.05, 0.1) is 13.2 Å². The lowest BCUT2D eigenvalue weighted by atomic mass is 10.1. The number of hydrogen-bond acceptors (Lipinski definition) is 4. The molecule has 0 aromatic heterocycles. The minimum Gasteiger partial charge on any atom is -0.496 e. The molecule has 0 bridgehead atoms. The largest absolute Gasteiger partial charge is 0.496 e. The van der Waals surface area contributed by atoms with Crippen molar-refractivity contribution in [1.82, 2.24) is 10.2 Å². The van der Waals surface area contributed by atoms with Crippen LogP contribution in [0.1, 0.15) is 5.56 Å². The third-order valence-electron chi connectivity index (χ3n) is 3.25. The van der Waals surface area contributed by atoms with E-state index >= 15 is 0 Å². The van der Waals surface area contributed by atoms with Crippen LogP contribution in [0.5, 0.6) is 5.75 Å². The molecule has 0 saturated carbocycles. The number of carbonyl (C=O) groups is 1. The van der Waals surface area contributed by atoms with Gasteiger partial charge in [0, 0.05) is 41.7 Å². The van der Waals surface area contributed by atoms with Crippen molar-refractivity contribution in [3.05, 3.63) is 28.2 Å². The SMILES string of the molecule is COc1ccc(Br)cc1CN(C)C(=O)C1CSCCN1. The summed E-state index contributed by atoms with van der Waals surface area (Å²) in [5.74, 6) is 2.87. The van der Waals surface area contributed by atoms with E-state index in [1.165, 1.54) is 0 Å². The molecule has 1 aromatic carbocycles. The van der Waals surface area contributed by atoms with Crippen molar-refractivity contribution < 1.29 is 9.53 Å². The van der Waals surface area contributed by atoms with Gasteiger partial charge in [-0.2, -0.15) is 11.8 Å². The predicted molar refractivity (Wildman–Crippen MR) is 86.3 cm³/mol. The second-order valence-corrected chi connectivity index (χ2v) is 6.80. The van der Waals surface area contributed by atoms with Crippen LogP contribution in [-0.2, 0) is 11.3 Å². The second kappa shape index (κ2) is 7.33. The maximum Gasteiger partial charge on any atom is 0.240 e. The van der Waals surface area contributed by atoms with Gasteiger partial charge < -0.3 is 15.0 Å². The molecule has 1 heterocycles. The molecule has 1 saturated heterocycles. The fourth-order valence-corrected chi connectivity index (χ4v) is 3.53. The van der Waals surface area contributed by atoms with Gasteiger partial charge in [-0.15, -0.1) is 0 Å². The average molecular weight is 359 g/mol. The third-order valence-corrected chi connectivity index (χ3v) is 4.80. The number of carbonyl (C=O) groups excluding carboxylic acids is 1. The number of thioether (sulfide) groups is 1. The molecular weight excluding hydrogens is 340 g/mol. The molecule has 1 aliphatic heterocycles. The van der Waals surface area contributed by atoms with Crippen molar-refractivity contribution in [2.75, 3.05) is 32.2 Å². The Hall–Kier alpha value is -0.720. The molecular formula is C14H19BrN2O2S. The number of hydrogen-bond donors (Lipinski definition) is 1. The Balaban J connectivity index is 2.04. The molecule has 1 aliphatic rings. The first-order valence-electron chi connectivity index (χ1n) is 6.50. The van der Waals surface area contributed by atoms with Crippen LogP contribution in [0, 0.1) is 0 Å². The Morgan fingerprint density at radius 1 is 1.60 bits per heavy atom. The number of methoxy groups -OCH3 is 1. The van der Waals surface area contributed by atoms with Gasteiger partial charge in [-0.1, -0.05) is 15.9 Å². The van der Waals surface area contributed by atoms with Crippen LogP contribution in [0.15, 0.2) is 22.7 Å². The highest BCUT2D eigenvalue weighted by molar-refractivity contribution is 9.10. The minimum atomic E-state index is -0.0723. The van der Waals surface area contributed by atoms with Crippen LogP contribution >= 0.6 is 27.7 Å². The topological polar surface area (TPSA) is 41.6 Å². The standard InChI is InChI=1S/C14H19BrN2O2S/c1-17(14(18)12-9-20-6-5-16-12)8-10-7-11(15)3-4-13(10)19-2/h3-4,7,12,16H,5-6,8-9H2,1-2H3. The molecule has 0 aliphatic carbocycles. The summed E-state index contributed by atoms with van der Waals surface area (Å²) < 4.78 is 6.33. The molecule has 1 fully saturated rings. The Kier molecular flexibility index (Phi) is 5.74. The molecule has 110 valence electrons. The van der Waals surface area contributed by atoms with E-state index in [2.05, 4.69) is 21.2 Å². The van der Waals surface area contributed by atoms with Gasteiger partial charge in [0.15, 0.2) is 0 Å². The van der Waals surface area contributed by atoms with E-state index in [-0.39, 0.29) is 11.9 Å². The molecule has 2 rings (SSSR count). The summed E-state index contributed by atoms with van der Waals surface area (Å²) in [5, 5.41) is 3.27. The first-order chi connectivity index (χ1) is 9.61. The van der Waals surface area contributed by atoms with Crippen LogP contribution in [-0.4, -0.2) is 49.1 Å². The van der Waals surface area contributed by atoms with Crippen LogP contribution < -0.4 is 10.1 Å². The molecule has 1 unspecified atom stereocenters. The number of rotatable bonds is 4. The van der Waals surface area contributed by atoms with Crippen molar-refractivity contribution in [3.63, 3.8) is 0 Å². The van der Waals surface area contributed by atoms with E-state index in [1.54, 1.807) is 12.0 Å². The molecule has 1 amide bonds. The van der Waals surface area contributed by atoms with E-state index in [1.807, 2.05) is 37.0 Å². The lowest BCUT2D eigenvalue weighted by molar-refractivity contribution is -0.132. The predicted octanol–water partition coefficient (Wildman–Crippen LogP) is 2.12. The van der Waals surface area contributed by atoms with Crippen LogP contribution in [0.25, 0.3) is 0 Å². The number of ether oxygens (including phenoxy) is 1. The second-order valence-electron chi connectivity index (χ2n) is 4.73. The molecule has 20 heavy (non-hydrogen) atoms. The van der Waals surface area contributed by atoms with E-state index in [0.29, 0.717) is 6.54 Å². The summed E-state index contributed by atoms with van der Waals surface area (Å²) in [7, 11) is 3.48. The smallest absolute Gasteiger partial charge is 0.240 e. The number of likely N-dealkylation sites (N-methyl/N-ethyl adjacent to an activating group) is 1. The van der Waals surface area contributed by atoms with Crippen LogP contribution in [0.4, 0.5) is 0 Å². The highest BCUT2D eigenvalue weighted by atomic mass is 79.9. The molecule has 0 spiro atoms. The van der Waals surface area contributed by atoms with Gasteiger partial charge in [0.2, 0.25) is 5.91 Å². The van der Waals surface area contributed by atoms with Crippen molar-refractivity contribution >= 4 is 33.6 Å². The van der Waals surface area contributed by atoms with E-state index < -0.39 is 0 Å². The monoisotopic (exact) mass is 358 g/mol. The van der Waals surface area contributed by atoms with Crippen molar-refractivity contribution in [3.8, 4) is 5.75 Å². The Labute approximate surface area is 132 Å². The summed E-state index contributed by atoms with van der Waals surface area (Å²) in [4.78, 5) is 14.1. The Morgan fingerprint density at radius 2 is 2.40 bits per heavy atom. The summed E-state index contributed by atoms with van der Waals surface area (Å²) in [6.45, 7) is 1.44. The number of halogens is 1. The van der Waals surface area contributed by atoms with E-state index in [0.717, 1.165) is 33.8 Å². The zero-order chi connectivity index (χ0) is 14.5. The van der Waals surface area contributed by atoms with Crippen LogP contribution in [0.2, 0.25) is 0 Å².